The quantitative estimate of drug-likeness (QED) is 0.278. The van der Waals surface area contributed by atoms with Crippen LogP contribution in [0.2, 0.25) is 10.0 Å². The van der Waals surface area contributed by atoms with Gasteiger partial charge in [-0.3, -0.25) is 4.79 Å². The Morgan fingerprint density at radius 2 is 1.37 bits per heavy atom. The molecule has 7 nitrogen and oxygen atoms in total. The van der Waals surface area contributed by atoms with Crippen LogP contribution in [0.15, 0.2) is 29.3 Å². The molecule has 1 unspecified atom stereocenters. The molecule has 0 aromatic heterocycles. The van der Waals surface area contributed by atoms with Gasteiger partial charge in [-0.1, -0.05) is 34.8 Å². The highest BCUT2D eigenvalue weighted by Crippen LogP contribution is 2.44. The summed E-state index contributed by atoms with van der Waals surface area (Å²) in [5.41, 5.74) is -0.993. The number of nitriles is 2. The first-order chi connectivity index (χ1) is 17.7. The number of rotatable bonds is 3. The number of allylic oxidation sites excluding steroid dienone is 2. The van der Waals surface area contributed by atoms with E-state index in [0.29, 0.717) is 0 Å². The zero-order valence-corrected chi connectivity index (χ0v) is 20.4. The molecule has 2 heterocycles. The van der Waals surface area contributed by atoms with E-state index in [1.165, 1.54) is 24.3 Å². The van der Waals surface area contributed by atoms with E-state index in [1.807, 2.05) is 0 Å². The summed E-state index contributed by atoms with van der Waals surface area (Å²) in [6.07, 6.45) is -9.90. The molecule has 38 heavy (non-hydrogen) atoms. The van der Waals surface area contributed by atoms with Crippen LogP contribution < -0.4 is 18.9 Å². The van der Waals surface area contributed by atoms with Crippen molar-refractivity contribution in [3.8, 4) is 35.1 Å². The fraction of sp³-hybridized carbons (Fsp3) is 0.227. The first-order valence-corrected chi connectivity index (χ1v) is 10.9. The van der Waals surface area contributed by atoms with Crippen LogP contribution in [0.25, 0.3) is 5.57 Å². The van der Waals surface area contributed by atoms with E-state index < -0.39 is 34.7 Å². The Labute approximate surface area is 224 Å². The molecule has 4 rings (SSSR count). The first kappa shape index (κ1) is 29.0. The molecule has 2 aliphatic rings. The molecule has 2 aromatic carbocycles. The molecule has 2 aromatic rings. The Kier molecular flexibility index (Phi) is 8.46. The van der Waals surface area contributed by atoms with Gasteiger partial charge in [0.15, 0.2) is 23.0 Å². The van der Waals surface area contributed by atoms with E-state index in [1.54, 1.807) is 0 Å². The second-order valence-electron chi connectivity index (χ2n) is 7.15. The number of benzene rings is 2. The molecule has 200 valence electrons. The standard InChI is InChI=1S/C11H4Cl2F3NO2.C11H5ClF3NO3/c12-7-1-5(2-8-9(7)19-4-18-8)6(3-17)10(13)11(14,15)16;12-7-1-5(2-8-9(7)19-4-18-8)6(3-16)10(17)11(13,14)15/h1-2H,4H2;1-2,6H,4H2. The van der Waals surface area contributed by atoms with Crippen molar-refractivity contribution in [2.45, 2.75) is 18.3 Å². The minimum atomic E-state index is -5.09. The first-order valence-electron chi connectivity index (χ1n) is 9.75. The molecule has 16 heteroatoms. The number of carbonyl (C=O) groups excluding carboxylic acids is 1. The van der Waals surface area contributed by atoms with Gasteiger partial charge in [-0.2, -0.15) is 36.9 Å². The molecule has 0 saturated carbocycles. The maximum atomic E-state index is 12.5. The van der Waals surface area contributed by atoms with Gasteiger partial charge in [0, 0.05) is 0 Å². The number of ether oxygens (including phenoxy) is 4. The molecular weight excluding hydrogens is 593 g/mol. The van der Waals surface area contributed by atoms with Gasteiger partial charge in [-0.25, -0.2) is 0 Å². The topological polar surface area (TPSA) is 102 Å². The third-order valence-electron chi connectivity index (χ3n) is 4.75. The second-order valence-corrected chi connectivity index (χ2v) is 8.34. The number of carbonyl (C=O) groups is 1. The molecule has 0 bridgehead atoms. The summed E-state index contributed by atoms with van der Waals surface area (Å²) in [4.78, 5) is 11.1. The lowest BCUT2D eigenvalue weighted by atomic mass is 9.95. The minimum Gasteiger partial charge on any atom is -0.454 e. The van der Waals surface area contributed by atoms with Gasteiger partial charge in [0.25, 0.3) is 5.78 Å². The molecule has 0 radical (unpaired) electrons. The lowest BCUT2D eigenvalue weighted by Gasteiger charge is -2.12. The van der Waals surface area contributed by atoms with Crippen molar-refractivity contribution in [2.24, 2.45) is 0 Å². The van der Waals surface area contributed by atoms with Crippen LogP contribution in [-0.4, -0.2) is 31.7 Å². The van der Waals surface area contributed by atoms with E-state index in [2.05, 4.69) is 0 Å². The average Bonchev–Trinajstić information content (AvgIpc) is 3.49. The molecular formula is C22H9Cl3F6N2O5. The average molecular weight is 602 g/mol. The number of hydrogen-bond donors (Lipinski definition) is 0. The smallest absolute Gasteiger partial charge is 0.451 e. The molecule has 0 amide bonds. The fourth-order valence-electron chi connectivity index (χ4n) is 3.10. The summed E-state index contributed by atoms with van der Waals surface area (Å²) in [6, 6.07) is 7.36. The minimum absolute atomic E-state index is 0.0137. The van der Waals surface area contributed by atoms with Crippen LogP contribution in [0, 0.1) is 22.7 Å². The Morgan fingerprint density at radius 1 is 0.842 bits per heavy atom. The van der Waals surface area contributed by atoms with Gasteiger partial charge in [0.05, 0.1) is 21.7 Å². The second kappa shape index (κ2) is 11.1. The number of fused-ring (bicyclic) bond motifs is 2. The highest BCUT2D eigenvalue weighted by molar-refractivity contribution is 6.35. The molecule has 2 aliphatic heterocycles. The normalized spacial score (nSPS) is 14.9. The summed E-state index contributed by atoms with van der Waals surface area (Å²) in [5, 5.41) is 16.1. The van der Waals surface area contributed by atoms with Crippen molar-refractivity contribution in [1.29, 1.82) is 10.5 Å². The molecule has 0 spiro atoms. The van der Waals surface area contributed by atoms with E-state index in [-0.39, 0.29) is 57.8 Å². The zero-order valence-electron chi connectivity index (χ0n) is 18.1. The summed E-state index contributed by atoms with van der Waals surface area (Å²) >= 11 is 16.8. The lowest BCUT2D eigenvalue weighted by molar-refractivity contribution is -0.171. The number of hydrogen-bond acceptors (Lipinski definition) is 7. The van der Waals surface area contributed by atoms with Crippen molar-refractivity contribution >= 4 is 46.2 Å². The Hall–Kier alpha value is -3.52. The predicted octanol–water partition coefficient (Wildman–Crippen LogP) is 6.91. The third-order valence-corrected chi connectivity index (χ3v) is 5.71. The van der Waals surface area contributed by atoms with E-state index in [9.17, 15) is 31.1 Å². The van der Waals surface area contributed by atoms with Gasteiger partial charge >= 0.3 is 12.4 Å². The van der Waals surface area contributed by atoms with Gasteiger partial charge in [-0.15, -0.1) is 0 Å². The van der Waals surface area contributed by atoms with Crippen LogP contribution >= 0.6 is 34.8 Å². The summed E-state index contributed by atoms with van der Waals surface area (Å²) < 4.78 is 94.6. The van der Waals surface area contributed by atoms with E-state index in [4.69, 9.17) is 64.3 Å². The maximum Gasteiger partial charge on any atom is 0.451 e. The van der Waals surface area contributed by atoms with Crippen molar-refractivity contribution in [3.63, 3.8) is 0 Å². The Bertz CT molecular complexity index is 1400. The number of nitrogens with zero attached hydrogens (tertiary/aromatic N) is 2. The number of alkyl halides is 6. The molecule has 0 saturated heterocycles. The maximum absolute atomic E-state index is 12.5. The summed E-state index contributed by atoms with van der Waals surface area (Å²) in [5.74, 6) is -3.44. The largest absolute Gasteiger partial charge is 0.454 e. The van der Waals surface area contributed by atoms with Gasteiger partial charge in [0.2, 0.25) is 13.6 Å². The highest BCUT2D eigenvalue weighted by Gasteiger charge is 2.44. The molecule has 0 aliphatic carbocycles. The Morgan fingerprint density at radius 3 is 1.84 bits per heavy atom. The van der Waals surface area contributed by atoms with Gasteiger partial charge in [-0.05, 0) is 35.4 Å². The number of Topliss-reactive ketones (excluding diaryl/α,β-unsaturated/α-hetero) is 1. The van der Waals surface area contributed by atoms with Crippen LogP contribution in [0.1, 0.15) is 17.0 Å². The van der Waals surface area contributed by atoms with Crippen molar-refractivity contribution < 1.29 is 50.1 Å². The molecule has 1 atom stereocenters. The van der Waals surface area contributed by atoms with Gasteiger partial charge in [0.1, 0.15) is 17.0 Å². The molecule has 0 fully saturated rings. The third kappa shape index (κ3) is 6.13. The Balaban J connectivity index is 0.000000211. The van der Waals surface area contributed by atoms with E-state index >= 15 is 0 Å². The SMILES string of the molecule is N#CC(=C(Cl)C(F)(F)F)c1cc(Cl)c2c(c1)OCO2.N#CC(C(=O)C(F)(F)F)c1cc(Cl)c2c(c1)OCO2. The number of halogens is 9. The predicted molar refractivity (Wildman–Crippen MR) is 119 cm³/mol. The van der Waals surface area contributed by atoms with Crippen molar-refractivity contribution in [3.05, 3.63) is 50.5 Å². The number of ketones is 1. The highest BCUT2D eigenvalue weighted by atomic mass is 35.5. The van der Waals surface area contributed by atoms with Gasteiger partial charge < -0.3 is 18.9 Å². The van der Waals surface area contributed by atoms with E-state index in [0.717, 1.165) is 12.1 Å². The fourth-order valence-corrected chi connectivity index (χ4v) is 3.79. The zero-order chi connectivity index (χ0) is 28.4. The van der Waals surface area contributed by atoms with Crippen LogP contribution in [0.5, 0.6) is 23.0 Å². The van der Waals surface area contributed by atoms with Crippen LogP contribution in [-0.2, 0) is 4.79 Å². The van der Waals surface area contributed by atoms with Crippen LogP contribution in [0.3, 0.4) is 0 Å². The monoisotopic (exact) mass is 600 g/mol. The lowest BCUT2D eigenvalue weighted by Crippen LogP contribution is -2.28. The van der Waals surface area contributed by atoms with Crippen molar-refractivity contribution in [2.75, 3.05) is 13.6 Å². The van der Waals surface area contributed by atoms with Crippen LogP contribution in [0.4, 0.5) is 26.3 Å². The summed E-state index contributed by atoms with van der Waals surface area (Å²) in [7, 11) is 0. The van der Waals surface area contributed by atoms with Crippen molar-refractivity contribution in [1.82, 2.24) is 0 Å². The summed E-state index contributed by atoms with van der Waals surface area (Å²) in [6.45, 7) is -0.208. The molecule has 0 N–H and O–H groups in total.